The largest absolute Gasteiger partial charge is 0.434 e. The summed E-state index contributed by atoms with van der Waals surface area (Å²) in [6, 6.07) is 0. The number of rotatable bonds is 1. The van der Waals surface area contributed by atoms with Crippen LogP contribution in [0.3, 0.4) is 0 Å². The zero-order valence-corrected chi connectivity index (χ0v) is 7.09. The van der Waals surface area contributed by atoms with E-state index in [1.54, 1.807) is 6.92 Å². The Morgan fingerprint density at radius 2 is 2.08 bits per heavy atom. The molecule has 1 aromatic heterocycles. The molecule has 0 aliphatic rings. The van der Waals surface area contributed by atoms with E-state index in [2.05, 4.69) is 4.98 Å². The molecule has 0 radical (unpaired) electrons. The van der Waals surface area contributed by atoms with E-state index in [1.807, 2.05) is 0 Å². The first-order valence-electron chi connectivity index (χ1n) is 3.27. The van der Waals surface area contributed by atoms with E-state index in [4.69, 9.17) is 5.73 Å². The molecule has 68 valence electrons. The van der Waals surface area contributed by atoms with Crippen LogP contribution in [0.1, 0.15) is 17.5 Å². The third-order valence-electron chi connectivity index (χ3n) is 1.30. The molecule has 2 N–H and O–H groups in total. The number of hydrogen-bond acceptors (Lipinski definition) is 3. The highest BCUT2D eigenvalue weighted by molar-refractivity contribution is 7.15. The molecule has 0 amide bonds. The SMILES string of the molecule is CCc1sc(N)nc1C(F)(F)F. The molecule has 12 heavy (non-hydrogen) atoms. The van der Waals surface area contributed by atoms with Crippen LogP contribution < -0.4 is 5.73 Å². The maximum atomic E-state index is 12.1. The standard InChI is InChI=1S/C6H7F3N2S/c1-2-3-4(6(7,8)9)11-5(10)12-3/h2H2,1H3,(H2,10,11). The summed E-state index contributed by atoms with van der Waals surface area (Å²) < 4.78 is 36.4. The Kier molecular flexibility index (Phi) is 2.27. The summed E-state index contributed by atoms with van der Waals surface area (Å²) >= 11 is 0.888. The smallest absolute Gasteiger partial charge is 0.375 e. The molecule has 0 saturated heterocycles. The summed E-state index contributed by atoms with van der Waals surface area (Å²) in [5, 5.41) is -0.0285. The number of aromatic nitrogens is 1. The number of halogens is 3. The van der Waals surface area contributed by atoms with Gasteiger partial charge in [-0.1, -0.05) is 6.92 Å². The summed E-state index contributed by atoms with van der Waals surface area (Å²) in [6.45, 7) is 1.64. The normalized spacial score (nSPS) is 12.0. The van der Waals surface area contributed by atoms with Gasteiger partial charge in [0.15, 0.2) is 10.8 Å². The van der Waals surface area contributed by atoms with Gasteiger partial charge in [0.2, 0.25) is 0 Å². The van der Waals surface area contributed by atoms with Crippen molar-refractivity contribution in [2.24, 2.45) is 0 Å². The van der Waals surface area contributed by atoms with Crippen molar-refractivity contribution in [3.63, 3.8) is 0 Å². The molecule has 0 aliphatic carbocycles. The van der Waals surface area contributed by atoms with E-state index < -0.39 is 11.9 Å². The van der Waals surface area contributed by atoms with Crippen molar-refractivity contribution < 1.29 is 13.2 Å². The van der Waals surface area contributed by atoms with Gasteiger partial charge in [-0.05, 0) is 6.42 Å². The highest BCUT2D eigenvalue weighted by Gasteiger charge is 2.36. The summed E-state index contributed by atoms with van der Waals surface area (Å²) in [4.78, 5) is 3.42. The predicted molar refractivity (Wildman–Crippen MR) is 40.9 cm³/mol. The van der Waals surface area contributed by atoms with Gasteiger partial charge in [-0.25, -0.2) is 4.98 Å². The second-order valence-electron chi connectivity index (χ2n) is 2.18. The third-order valence-corrected chi connectivity index (χ3v) is 2.33. The molecule has 1 rings (SSSR count). The lowest BCUT2D eigenvalue weighted by Gasteiger charge is -2.03. The Hall–Kier alpha value is -0.780. The molecular weight excluding hydrogens is 189 g/mol. The van der Waals surface area contributed by atoms with Crippen LogP contribution in [0.15, 0.2) is 0 Å². The van der Waals surface area contributed by atoms with Crippen LogP contribution in [0.4, 0.5) is 18.3 Å². The van der Waals surface area contributed by atoms with Crippen molar-refractivity contribution in [1.29, 1.82) is 0 Å². The molecule has 1 aromatic rings. The Balaban J connectivity index is 3.13. The molecule has 0 bridgehead atoms. The van der Waals surface area contributed by atoms with Crippen LogP contribution in [-0.4, -0.2) is 4.98 Å². The van der Waals surface area contributed by atoms with Gasteiger partial charge < -0.3 is 5.73 Å². The van der Waals surface area contributed by atoms with Crippen molar-refractivity contribution in [3.05, 3.63) is 10.6 Å². The molecule has 0 saturated carbocycles. The summed E-state index contributed by atoms with van der Waals surface area (Å²) in [5.74, 6) is 0. The van der Waals surface area contributed by atoms with Crippen molar-refractivity contribution in [3.8, 4) is 0 Å². The zero-order valence-electron chi connectivity index (χ0n) is 6.27. The van der Waals surface area contributed by atoms with Gasteiger partial charge in [-0.15, -0.1) is 11.3 Å². The minimum Gasteiger partial charge on any atom is -0.375 e. The van der Waals surface area contributed by atoms with Crippen LogP contribution in [0.25, 0.3) is 0 Å². The van der Waals surface area contributed by atoms with Gasteiger partial charge in [0.25, 0.3) is 0 Å². The first-order chi connectivity index (χ1) is 5.45. The molecule has 0 aromatic carbocycles. The van der Waals surface area contributed by atoms with E-state index in [1.165, 1.54) is 0 Å². The Bertz CT molecular complexity index is 279. The molecule has 0 atom stereocenters. The summed E-state index contributed by atoms with van der Waals surface area (Å²) in [7, 11) is 0. The second-order valence-corrected chi connectivity index (χ2v) is 3.29. The molecule has 0 spiro atoms. The Morgan fingerprint density at radius 1 is 1.50 bits per heavy atom. The van der Waals surface area contributed by atoms with Crippen molar-refractivity contribution >= 4 is 16.5 Å². The molecule has 2 nitrogen and oxygen atoms in total. The topological polar surface area (TPSA) is 38.9 Å². The van der Waals surface area contributed by atoms with E-state index >= 15 is 0 Å². The van der Waals surface area contributed by atoms with Gasteiger partial charge in [-0.2, -0.15) is 13.2 Å². The highest BCUT2D eigenvalue weighted by Crippen LogP contribution is 2.35. The van der Waals surface area contributed by atoms with Gasteiger partial charge in [0.1, 0.15) is 0 Å². The highest BCUT2D eigenvalue weighted by atomic mass is 32.1. The summed E-state index contributed by atoms with van der Waals surface area (Å²) in [6.07, 6.45) is -4.07. The third kappa shape index (κ3) is 1.69. The lowest BCUT2D eigenvalue weighted by atomic mass is 10.3. The minimum absolute atomic E-state index is 0.0285. The number of hydrogen-bond donors (Lipinski definition) is 1. The maximum absolute atomic E-state index is 12.1. The number of nitrogen functional groups attached to an aromatic ring is 1. The van der Waals surface area contributed by atoms with Crippen LogP contribution in [-0.2, 0) is 12.6 Å². The second kappa shape index (κ2) is 2.93. The monoisotopic (exact) mass is 196 g/mol. The van der Waals surface area contributed by atoms with Crippen molar-refractivity contribution in [1.82, 2.24) is 4.98 Å². The molecule has 6 heteroatoms. The van der Waals surface area contributed by atoms with E-state index in [0.717, 1.165) is 11.3 Å². The fourth-order valence-electron chi connectivity index (χ4n) is 0.831. The number of nitrogens with zero attached hydrogens (tertiary/aromatic N) is 1. The lowest BCUT2D eigenvalue weighted by molar-refractivity contribution is -0.141. The van der Waals surface area contributed by atoms with Gasteiger partial charge in [-0.3, -0.25) is 0 Å². The number of aryl methyl sites for hydroxylation is 1. The van der Waals surface area contributed by atoms with E-state index in [-0.39, 0.29) is 10.0 Å². The number of anilines is 1. The zero-order chi connectivity index (χ0) is 9.35. The van der Waals surface area contributed by atoms with Crippen molar-refractivity contribution in [2.75, 3.05) is 5.73 Å². The van der Waals surface area contributed by atoms with Crippen LogP contribution in [0.2, 0.25) is 0 Å². The van der Waals surface area contributed by atoms with Gasteiger partial charge >= 0.3 is 6.18 Å². The fourth-order valence-corrected chi connectivity index (χ4v) is 1.62. The number of nitrogens with two attached hydrogens (primary N) is 1. The fraction of sp³-hybridized carbons (Fsp3) is 0.500. The molecule has 0 unspecified atom stereocenters. The van der Waals surface area contributed by atoms with Crippen LogP contribution in [0, 0.1) is 0 Å². The average Bonchev–Trinajstić information content (AvgIpc) is 2.29. The first kappa shape index (κ1) is 9.31. The maximum Gasteiger partial charge on any atom is 0.434 e. The number of alkyl halides is 3. The van der Waals surface area contributed by atoms with Crippen molar-refractivity contribution in [2.45, 2.75) is 19.5 Å². The average molecular weight is 196 g/mol. The molecule has 0 fully saturated rings. The molecular formula is C6H7F3N2S. The summed E-state index contributed by atoms with van der Waals surface area (Å²) in [5.41, 5.74) is 4.32. The van der Waals surface area contributed by atoms with Gasteiger partial charge in [0.05, 0.1) is 0 Å². The van der Waals surface area contributed by atoms with Crippen LogP contribution in [0.5, 0.6) is 0 Å². The van der Waals surface area contributed by atoms with Crippen LogP contribution >= 0.6 is 11.3 Å². The Morgan fingerprint density at radius 3 is 2.42 bits per heavy atom. The van der Waals surface area contributed by atoms with E-state index in [0.29, 0.717) is 6.42 Å². The molecule has 0 aliphatic heterocycles. The van der Waals surface area contributed by atoms with E-state index in [9.17, 15) is 13.2 Å². The lowest BCUT2D eigenvalue weighted by Crippen LogP contribution is -2.08. The number of thiazole rings is 1. The predicted octanol–water partition coefficient (Wildman–Crippen LogP) is 2.31. The minimum atomic E-state index is -4.38. The quantitative estimate of drug-likeness (QED) is 0.748. The first-order valence-corrected chi connectivity index (χ1v) is 4.09. The Labute approximate surface area is 71.2 Å². The van der Waals surface area contributed by atoms with Gasteiger partial charge in [0, 0.05) is 4.88 Å². The molecule has 1 heterocycles.